The third kappa shape index (κ3) is 5.44. The van der Waals surface area contributed by atoms with E-state index in [1.165, 1.54) is 18.2 Å². The highest BCUT2D eigenvalue weighted by atomic mass is 16.6. The van der Waals surface area contributed by atoms with Crippen LogP contribution in [0.5, 0.6) is 0 Å². The number of nitro groups is 1. The summed E-state index contributed by atoms with van der Waals surface area (Å²) in [6.45, 7) is 4.68. The maximum atomic E-state index is 12.9. The van der Waals surface area contributed by atoms with Crippen LogP contribution in [0.15, 0.2) is 42.5 Å². The van der Waals surface area contributed by atoms with E-state index in [9.17, 15) is 24.5 Å². The molecule has 1 aliphatic heterocycles. The Hall–Kier alpha value is -3.75. The number of non-ortho nitro benzene ring substituents is 1. The lowest BCUT2D eigenvalue weighted by Gasteiger charge is -2.32. The van der Waals surface area contributed by atoms with Crippen LogP contribution in [0.1, 0.15) is 44.7 Å². The van der Waals surface area contributed by atoms with Gasteiger partial charge in [-0.15, -0.1) is 0 Å². The van der Waals surface area contributed by atoms with Crippen LogP contribution in [0.2, 0.25) is 0 Å². The van der Waals surface area contributed by atoms with Crippen molar-refractivity contribution < 1.29 is 19.3 Å². The van der Waals surface area contributed by atoms with Crippen molar-refractivity contribution in [3.05, 3.63) is 74.8 Å². The average molecular weight is 424 g/mol. The Labute approximate surface area is 179 Å². The number of nitrogens with one attached hydrogen (secondary N) is 2. The molecule has 0 aromatic heterocycles. The normalized spacial score (nSPS) is 15.8. The Kier molecular flexibility index (Phi) is 6.64. The van der Waals surface area contributed by atoms with Crippen LogP contribution in [-0.4, -0.2) is 40.6 Å². The highest BCUT2D eigenvalue weighted by Gasteiger charge is 2.29. The van der Waals surface area contributed by atoms with Crippen LogP contribution in [0.4, 0.5) is 5.69 Å². The van der Waals surface area contributed by atoms with E-state index >= 15 is 0 Å². The van der Waals surface area contributed by atoms with E-state index in [2.05, 4.69) is 10.9 Å². The van der Waals surface area contributed by atoms with Gasteiger partial charge in [-0.1, -0.05) is 23.3 Å². The maximum absolute atomic E-state index is 12.9. The second kappa shape index (κ2) is 9.38. The second-order valence-corrected chi connectivity index (χ2v) is 7.72. The molecule has 3 amide bonds. The number of amides is 3. The minimum absolute atomic E-state index is 0.0600. The molecule has 9 nitrogen and oxygen atoms in total. The van der Waals surface area contributed by atoms with Crippen LogP contribution in [0.25, 0.3) is 0 Å². The highest BCUT2D eigenvalue weighted by molar-refractivity contribution is 5.97. The Balaban J connectivity index is 1.59. The summed E-state index contributed by atoms with van der Waals surface area (Å²) in [5.41, 5.74) is 7.10. The standard InChI is InChI=1S/C22H24N4O5/c1-14-9-15(2)11-18(10-14)22(29)25-8-4-6-17(13-25)21(28)24-23-20(27)16-5-3-7-19(12-16)26(30)31/h3,5,7,9-12,17H,4,6,8,13H2,1-2H3,(H,23,27)(H,24,28)/t17-/m1/s1. The fraction of sp³-hybridized carbons (Fsp3) is 0.318. The first kappa shape index (κ1) is 21.9. The highest BCUT2D eigenvalue weighted by Crippen LogP contribution is 2.20. The minimum atomic E-state index is -0.656. The van der Waals surface area contributed by atoms with Gasteiger partial charge >= 0.3 is 0 Å². The van der Waals surface area contributed by atoms with Gasteiger partial charge in [-0.05, 0) is 44.9 Å². The van der Waals surface area contributed by atoms with Crippen LogP contribution >= 0.6 is 0 Å². The third-order valence-corrected chi connectivity index (χ3v) is 5.17. The molecular formula is C22H24N4O5. The number of carbonyl (C=O) groups excluding carboxylic acids is 3. The topological polar surface area (TPSA) is 122 Å². The fourth-order valence-electron chi connectivity index (χ4n) is 3.71. The van der Waals surface area contributed by atoms with Gasteiger partial charge in [-0.2, -0.15) is 0 Å². The number of aryl methyl sites for hydroxylation is 2. The summed E-state index contributed by atoms with van der Waals surface area (Å²) < 4.78 is 0. The van der Waals surface area contributed by atoms with Crippen molar-refractivity contribution in [2.75, 3.05) is 13.1 Å². The van der Waals surface area contributed by atoms with Gasteiger partial charge in [0.1, 0.15) is 0 Å². The van der Waals surface area contributed by atoms with E-state index in [0.29, 0.717) is 24.9 Å². The number of rotatable bonds is 4. The van der Waals surface area contributed by atoms with Crippen molar-refractivity contribution in [3.8, 4) is 0 Å². The van der Waals surface area contributed by atoms with Gasteiger partial charge in [-0.25, -0.2) is 0 Å². The van der Waals surface area contributed by atoms with Gasteiger partial charge in [0.2, 0.25) is 5.91 Å². The summed E-state index contributed by atoms with van der Waals surface area (Å²) in [6.07, 6.45) is 1.27. The van der Waals surface area contributed by atoms with E-state index in [0.717, 1.165) is 17.2 Å². The number of nitro benzene ring substituents is 1. The molecule has 2 aromatic carbocycles. The average Bonchev–Trinajstić information content (AvgIpc) is 2.76. The molecule has 1 aliphatic rings. The second-order valence-electron chi connectivity index (χ2n) is 7.72. The molecule has 0 saturated carbocycles. The SMILES string of the molecule is Cc1cc(C)cc(C(=O)N2CCC[C@@H](C(=O)NNC(=O)c3cccc([N+](=O)[O-])c3)C2)c1. The van der Waals surface area contributed by atoms with Gasteiger partial charge in [0, 0.05) is 36.3 Å². The number of nitrogens with zero attached hydrogens (tertiary/aromatic N) is 2. The van der Waals surface area contributed by atoms with Crippen molar-refractivity contribution in [2.45, 2.75) is 26.7 Å². The van der Waals surface area contributed by atoms with Crippen LogP contribution in [0.3, 0.4) is 0 Å². The summed E-state index contributed by atoms with van der Waals surface area (Å²) >= 11 is 0. The molecule has 0 spiro atoms. The summed E-state index contributed by atoms with van der Waals surface area (Å²) in [4.78, 5) is 49.5. The molecule has 2 N–H and O–H groups in total. The zero-order chi connectivity index (χ0) is 22.5. The van der Waals surface area contributed by atoms with Crippen molar-refractivity contribution >= 4 is 23.4 Å². The zero-order valence-electron chi connectivity index (χ0n) is 17.4. The largest absolute Gasteiger partial charge is 0.338 e. The Bertz CT molecular complexity index is 1020. The van der Waals surface area contributed by atoms with Gasteiger partial charge < -0.3 is 4.90 Å². The lowest BCUT2D eigenvalue weighted by Crippen LogP contribution is -2.50. The van der Waals surface area contributed by atoms with Crippen LogP contribution in [0, 0.1) is 29.9 Å². The molecule has 1 fully saturated rings. The van der Waals surface area contributed by atoms with Gasteiger partial charge in [0.15, 0.2) is 0 Å². The van der Waals surface area contributed by atoms with Crippen molar-refractivity contribution in [1.29, 1.82) is 0 Å². The predicted molar refractivity (Wildman–Crippen MR) is 113 cm³/mol. The number of piperidine rings is 1. The van der Waals surface area contributed by atoms with Crippen molar-refractivity contribution in [2.24, 2.45) is 5.92 Å². The minimum Gasteiger partial charge on any atom is -0.338 e. The summed E-state index contributed by atoms with van der Waals surface area (Å²) in [7, 11) is 0. The first-order valence-corrected chi connectivity index (χ1v) is 9.97. The molecule has 0 bridgehead atoms. The van der Waals surface area contributed by atoms with Crippen molar-refractivity contribution in [3.63, 3.8) is 0 Å². The van der Waals surface area contributed by atoms with Gasteiger partial charge in [0.05, 0.1) is 10.8 Å². The summed E-state index contributed by atoms with van der Waals surface area (Å²) in [5.74, 6) is -1.65. The molecule has 0 aliphatic carbocycles. The molecule has 1 heterocycles. The number of likely N-dealkylation sites (tertiary alicyclic amines) is 1. The van der Waals surface area contributed by atoms with Gasteiger partial charge in [0.25, 0.3) is 17.5 Å². The number of benzene rings is 2. The molecule has 31 heavy (non-hydrogen) atoms. The van der Waals surface area contributed by atoms with Crippen LogP contribution < -0.4 is 10.9 Å². The molecule has 9 heteroatoms. The monoisotopic (exact) mass is 424 g/mol. The van der Waals surface area contributed by atoms with E-state index < -0.39 is 22.7 Å². The first-order chi connectivity index (χ1) is 14.7. The number of carbonyl (C=O) groups is 3. The van der Waals surface area contributed by atoms with E-state index in [1.54, 1.807) is 4.90 Å². The molecule has 0 radical (unpaired) electrons. The van der Waals surface area contributed by atoms with Crippen molar-refractivity contribution in [1.82, 2.24) is 15.8 Å². The predicted octanol–water partition coefficient (Wildman–Crippen LogP) is 2.53. The summed E-state index contributed by atoms with van der Waals surface area (Å²) in [6, 6.07) is 10.9. The quantitative estimate of drug-likeness (QED) is 0.577. The molecular weight excluding hydrogens is 400 g/mol. The lowest BCUT2D eigenvalue weighted by molar-refractivity contribution is -0.384. The smallest absolute Gasteiger partial charge is 0.270 e. The van der Waals surface area contributed by atoms with E-state index in [4.69, 9.17) is 0 Å². The zero-order valence-corrected chi connectivity index (χ0v) is 17.4. The molecule has 0 unspecified atom stereocenters. The van der Waals surface area contributed by atoms with E-state index in [1.807, 2.05) is 32.0 Å². The summed E-state index contributed by atoms with van der Waals surface area (Å²) in [5, 5.41) is 10.8. The number of hydrazine groups is 1. The number of hydrogen-bond acceptors (Lipinski definition) is 5. The molecule has 2 aromatic rings. The molecule has 1 saturated heterocycles. The van der Waals surface area contributed by atoms with Crippen LogP contribution in [-0.2, 0) is 4.79 Å². The van der Waals surface area contributed by atoms with Gasteiger partial charge in [-0.3, -0.25) is 35.3 Å². The number of hydrogen-bond donors (Lipinski definition) is 2. The maximum Gasteiger partial charge on any atom is 0.270 e. The molecule has 3 rings (SSSR count). The Morgan fingerprint density at radius 2 is 1.74 bits per heavy atom. The third-order valence-electron chi connectivity index (χ3n) is 5.17. The fourth-order valence-corrected chi connectivity index (χ4v) is 3.71. The molecule has 1 atom stereocenters. The Morgan fingerprint density at radius 3 is 2.42 bits per heavy atom. The Morgan fingerprint density at radius 1 is 1.03 bits per heavy atom. The first-order valence-electron chi connectivity index (χ1n) is 9.97. The van der Waals surface area contributed by atoms with E-state index in [-0.39, 0.29) is 23.7 Å². The lowest BCUT2D eigenvalue weighted by atomic mass is 9.96. The molecule has 162 valence electrons.